The van der Waals surface area contributed by atoms with Gasteiger partial charge in [-0.3, -0.25) is 24.3 Å². The maximum Gasteiger partial charge on any atom is 0.310 e. The van der Waals surface area contributed by atoms with Crippen LogP contribution in [0.3, 0.4) is 0 Å². The van der Waals surface area contributed by atoms with E-state index in [-0.39, 0.29) is 28.1 Å². The van der Waals surface area contributed by atoms with Gasteiger partial charge in [0.05, 0.1) is 10.5 Å². The van der Waals surface area contributed by atoms with Gasteiger partial charge in [0, 0.05) is 12.1 Å². The van der Waals surface area contributed by atoms with Gasteiger partial charge in [-0.2, -0.15) is 5.26 Å². The van der Waals surface area contributed by atoms with Crippen molar-refractivity contribution in [2.45, 2.75) is 26.8 Å². The maximum atomic E-state index is 12.6. The smallest absolute Gasteiger partial charge is 0.310 e. The Hall–Kier alpha value is -3.67. The topological polar surface area (TPSA) is 135 Å². The first-order chi connectivity index (χ1) is 12.7. The van der Waals surface area contributed by atoms with E-state index in [4.69, 9.17) is 4.74 Å². The summed E-state index contributed by atoms with van der Waals surface area (Å²) in [4.78, 5) is 35.3. The summed E-state index contributed by atoms with van der Waals surface area (Å²) in [7, 11) is 0. The Morgan fingerprint density at radius 2 is 2.04 bits per heavy atom. The average Bonchev–Trinajstić information content (AvgIpc) is 2.60. The highest BCUT2D eigenvalue weighted by Gasteiger charge is 2.26. The van der Waals surface area contributed by atoms with Gasteiger partial charge in [-0.1, -0.05) is 12.1 Å². The van der Waals surface area contributed by atoms with Gasteiger partial charge in [-0.15, -0.1) is 0 Å². The van der Waals surface area contributed by atoms with E-state index < -0.39 is 34.8 Å². The van der Waals surface area contributed by atoms with E-state index in [1.54, 1.807) is 19.9 Å². The molecule has 0 saturated carbocycles. The quantitative estimate of drug-likeness (QED) is 0.468. The minimum absolute atomic E-state index is 0.0352. The molecule has 0 radical (unpaired) electrons. The summed E-state index contributed by atoms with van der Waals surface area (Å²) in [6.45, 7) is 4.01. The van der Waals surface area contributed by atoms with Gasteiger partial charge in [0.1, 0.15) is 11.6 Å². The van der Waals surface area contributed by atoms with Gasteiger partial charge >= 0.3 is 5.69 Å². The van der Waals surface area contributed by atoms with Crippen LogP contribution in [0.4, 0.5) is 5.69 Å². The van der Waals surface area contributed by atoms with E-state index in [2.05, 4.69) is 0 Å². The summed E-state index contributed by atoms with van der Waals surface area (Å²) in [6.07, 6.45) is 0. The first kappa shape index (κ1) is 19.7. The summed E-state index contributed by atoms with van der Waals surface area (Å²) in [5, 5.41) is 30.7. The predicted octanol–water partition coefficient (Wildman–Crippen LogP) is 2.48. The highest BCUT2D eigenvalue weighted by Crippen LogP contribution is 2.28. The zero-order chi connectivity index (χ0) is 20.3. The molecule has 0 bridgehead atoms. The van der Waals surface area contributed by atoms with Crippen LogP contribution in [0.25, 0.3) is 0 Å². The first-order valence-electron chi connectivity index (χ1n) is 7.98. The molecule has 0 aliphatic heterocycles. The molecule has 0 aliphatic rings. The Labute approximate surface area is 154 Å². The Balaban J connectivity index is 2.46. The SMILES string of the molecule is Cc1c(C(=O)COc2ccccc2[N+](=O)[O-])c(O)n(C(C)C)c(=O)c1C#N. The molecule has 0 aliphatic carbocycles. The summed E-state index contributed by atoms with van der Waals surface area (Å²) in [6, 6.07) is 6.81. The van der Waals surface area contributed by atoms with Crippen molar-refractivity contribution in [3.8, 4) is 17.7 Å². The number of para-hydroxylation sites is 2. The van der Waals surface area contributed by atoms with E-state index >= 15 is 0 Å². The summed E-state index contributed by atoms with van der Waals surface area (Å²) >= 11 is 0. The van der Waals surface area contributed by atoms with Crippen LogP contribution in [0.1, 0.15) is 41.4 Å². The number of carbonyl (C=O) groups is 1. The molecule has 0 amide bonds. The number of carbonyl (C=O) groups excluding carboxylic acids is 1. The molecule has 1 N–H and O–H groups in total. The van der Waals surface area contributed by atoms with Gasteiger partial charge in [0.15, 0.2) is 12.4 Å². The highest BCUT2D eigenvalue weighted by molar-refractivity contribution is 6.01. The third-order valence-electron chi connectivity index (χ3n) is 3.96. The number of hydrogen-bond acceptors (Lipinski definition) is 7. The van der Waals surface area contributed by atoms with Crippen LogP contribution in [-0.4, -0.2) is 27.0 Å². The third-order valence-corrected chi connectivity index (χ3v) is 3.96. The fourth-order valence-corrected chi connectivity index (χ4v) is 2.68. The number of nitro benzene ring substituents is 1. The second-order valence-corrected chi connectivity index (χ2v) is 6.02. The molecule has 2 rings (SSSR count). The minimum atomic E-state index is -0.714. The molecule has 0 unspecified atom stereocenters. The molecule has 0 spiro atoms. The molecule has 9 nitrogen and oxygen atoms in total. The number of aromatic nitrogens is 1. The Morgan fingerprint density at radius 1 is 1.41 bits per heavy atom. The van der Waals surface area contributed by atoms with Gasteiger partial charge in [0.2, 0.25) is 11.7 Å². The van der Waals surface area contributed by atoms with Crippen molar-refractivity contribution in [3.63, 3.8) is 0 Å². The van der Waals surface area contributed by atoms with Crippen LogP contribution in [0.2, 0.25) is 0 Å². The zero-order valence-corrected chi connectivity index (χ0v) is 14.9. The van der Waals surface area contributed by atoms with E-state index in [1.807, 2.05) is 0 Å². The number of rotatable bonds is 6. The van der Waals surface area contributed by atoms with Gasteiger partial charge < -0.3 is 9.84 Å². The molecule has 9 heteroatoms. The number of nitro groups is 1. The molecule has 1 heterocycles. The number of nitriles is 1. The van der Waals surface area contributed by atoms with Crippen molar-refractivity contribution < 1.29 is 19.6 Å². The monoisotopic (exact) mass is 371 g/mol. The summed E-state index contributed by atoms with van der Waals surface area (Å²) < 4.78 is 6.20. The molecule has 0 saturated heterocycles. The number of aromatic hydroxyl groups is 1. The van der Waals surface area contributed by atoms with Gasteiger partial charge in [-0.25, -0.2) is 0 Å². The Bertz CT molecular complexity index is 1020. The van der Waals surface area contributed by atoms with Crippen molar-refractivity contribution in [1.82, 2.24) is 4.57 Å². The molecular weight excluding hydrogens is 354 g/mol. The number of benzene rings is 1. The van der Waals surface area contributed by atoms with E-state index in [0.29, 0.717) is 0 Å². The van der Waals surface area contributed by atoms with Crippen molar-refractivity contribution in [2.24, 2.45) is 0 Å². The van der Waals surface area contributed by atoms with Crippen LogP contribution < -0.4 is 10.3 Å². The van der Waals surface area contributed by atoms with Crippen molar-refractivity contribution in [2.75, 3.05) is 6.61 Å². The van der Waals surface area contributed by atoms with E-state index in [0.717, 1.165) is 4.57 Å². The maximum absolute atomic E-state index is 12.6. The largest absolute Gasteiger partial charge is 0.494 e. The fraction of sp³-hybridized carbons (Fsp3) is 0.278. The molecular formula is C18H17N3O6. The zero-order valence-electron chi connectivity index (χ0n) is 14.9. The Morgan fingerprint density at radius 3 is 2.59 bits per heavy atom. The number of nitrogens with zero attached hydrogens (tertiary/aromatic N) is 3. The molecule has 1 aromatic heterocycles. The molecule has 0 atom stereocenters. The standard InChI is InChI=1S/C18H17N3O6/c1-10(2)20-17(23)12(8-19)11(3)16(18(20)24)14(22)9-27-15-7-5-4-6-13(15)21(25)26/h4-7,10,24H,9H2,1-3H3. The van der Waals surface area contributed by atoms with Crippen LogP contribution in [0.5, 0.6) is 11.6 Å². The lowest BCUT2D eigenvalue weighted by Gasteiger charge is -2.18. The number of Topliss-reactive ketones (excluding diaryl/α,β-unsaturated/α-hetero) is 1. The lowest BCUT2D eigenvalue weighted by molar-refractivity contribution is -0.385. The lowest BCUT2D eigenvalue weighted by Crippen LogP contribution is -2.28. The second kappa shape index (κ2) is 7.70. The number of ether oxygens (including phenoxy) is 1. The number of pyridine rings is 1. The van der Waals surface area contributed by atoms with Crippen LogP contribution >= 0.6 is 0 Å². The summed E-state index contributed by atoms with van der Waals surface area (Å²) in [5.74, 6) is -1.39. The molecule has 1 aromatic carbocycles. The van der Waals surface area contributed by atoms with Crippen LogP contribution in [0.15, 0.2) is 29.1 Å². The minimum Gasteiger partial charge on any atom is -0.494 e. The van der Waals surface area contributed by atoms with E-state index in [9.17, 15) is 30.1 Å². The van der Waals surface area contributed by atoms with Crippen LogP contribution in [-0.2, 0) is 0 Å². The lowest BCUT2D eigenvalue weighted by atomic mass is 10.0. The second-order valence-electron chi connectivity index (χ2n) is 6.02. The van der Waals surface area contributed by atoms with Crippen LogP contribution in [0, 0.1) is 28.4 Å². The molecule has 2 aromatic rings. The summed E-state index contributed by atoms with van der Waals surface area (Å²) in [5.41, 5.74) is -1.45. The van der Waals surface area contributed by atoms with Crippen molar-refractivity contribution in [1.29, 1.82) is 5.26 Å². The van der Waals surface area contributed by atoms with Crippen molar-refractivity contribution in [3.05, 3.63) is 61.4 Å². The number of ketones is 1. The van der Waals surface area contributed by atoms with Gasteiger partial charge in [-0.05, 0) is 32.4 Å². The normalized spacial score (nSPS) is 10.5. The highest BCUT2D eigenvalue weighted by atomic mass is 16.6. The molecule has 0 fully saturated rings. The fourth-order valence-electron chi connectivity index (χ4n) is 2.68. The van der Waals surface area contributed by atoms with Gasteiger partial charge in [0.25, 0.3) is 5.56 Å². The van der Waals surface area contributed by atoms with E-state index in [1.165, 1.54) is 31.2 Å². The number of hydrogen-bond donors (Lipinski definition) is 1. The Kier molecular flexibility index (Phi) is 5.60. The molecule has 140 valence electrons. The van der Waals surface area contributed by atoms with Crippen molar-refractivity contribution >= 4 is 11.5 Å². The molecule has 27 heavy (non-hydrogen) atoms. The predicted molar refractivity (Wildman–Crippen MR) is 95.1 cm³/mol. The average molecular weight is 371 g/mol. The first-order valence-corrected chi connectivity index (χ1v) is 7.98. The third kappa shape index (κ3) is 3.64.